The molecule has 2 aromatic carbocycles. The minimum atomic E-state index is -3.88. The molecule has 0 bridgehead atoms. The Morgan fingerprint density at radius 1 is 0.957 bits per heavy atom. The molecule has 7 nitrogen and oxygen atoms in total. The normalized spacial score (nSPS) is 11.9. The maximum absolute atomic E-state index is 12.4. The molecule has 2 rings (SSSR count). The van der Waals surface area contributed by atoms with E-state index in [1.54, 1.807) is 31.2 Å². The minimum absolute atomic E-state index is 0.0869. The number of primary sulfonamides is 1. The Morgan fingerprint density at radius 3 is 2.09 bits per heavy atom. The molecule has 0 aromatic heterocycles. The highest BCUT2D eigenvalue weighted by molar-refractivity contribution is 7.92. The molecular formula is C14H16N2O5S2. The number of anilines is 1. The molecule has 0 atom stereocenters. The van der Waals surface area contributed by atoms with Gasteiger partial charge in [-0.05, 0) is 43.3 Å². The van der Waals surface area contributed by atoms with Gasteiger partial charge in [0, 0.05) is 0 Å². The number of benzene rings is 2. The Bertz CT molecular complexity index is 891. The fourth-order valence-corrected chi connectivity index (χ4v) is 3.43. The van der Waals surface area contributed by atoms with Crippen molar-refractivity contribution in [3.8, 4) is 5.75 Å². The zero-order valence-corrected chi connectivity index (χ0v) is 13.9. The SMILES string of the molecule is CCOc1ccccc1NS(=O)(=O)c1ccc(S(N)(=O)=O)cc1. The van der Waals surface area contributed by atoms with Crippen molar-refractivity contribution in [2.24, 2.45) is 5.14 Å². The van der Waals surface area contributed by atoms with E-state index in [9.17, 15) is 16.8 Å². The standard InChI is InChI=1S/C14H16N2O5S2/c1-2-21-14-6-4-3-5-13(14)16-23(19,20)12-9-7-11(8-10-12)22(15,17)18/h3-10,16H,2H2,1H3,(H2,15,17,18). The van der Waals surface area contributed by atoms with Crippen molar-refractivity contribution in [2.75, 3.05) is 11.3 Å². The highest BCUT2D eigenvalue weighted by Crippen LogP contribution is 2.26. The van der Waals surface area contributed by atoms with E-state index in [0.29, 0.717) is 18.0 Å². The van der Waals surface area contributed by atoms with Crippen LogP contribution >= 0.6 is 0 Å². The third kappa shape index (κ3) is 4.21. The lowest BCUT2D eigenvalue weighted by atomic mass is 10.3. The quantitative estimate of drug-likeness (QED) is 0.814. The first kappa shape index (κ1) is 17.3. The molecule has 0 amide bonds. The first-order valence-electron chi connectivity index (χ1n) is 6.61. The second kappa shape index (κ2) is 6.57. The lowest BCUT2D eigenvalue weighted by Crippen LogP contribution is -2.15. The van der Waals surface area contributed by atoms with Gasteiger partial charge in [-0.15, -0.1) is 0 Å². The van der Waals surface area contributed by atoms with Gasteiger partial charge >= 0.3 is 0 Å². The van der Waals surface area contributed by atoms with E-state index in [-0.39, 0.29) is 9.79 Å². The van der Waals surface area contributed by atoms with E-state index >= 15 is 0 Å². The molecule has 0 fully saturated rings. The molecule has 0 aliphatic carbocycles. The maximum Gasteiger partial charge on any atom is 0.262 e. The second-order valence-corrected chi connectivity index (χ2v) is 7.79. The lowest BCUT2D eigenvalue weighted by Gasteiger charge is -2.12. The van der Waals surface area contributed by atoms with Crippen LogP contribution in [0.3, 0.4) is 0 Å². The van der Waals surface area contributed by atoms with Crippen molar-refractivity contribution in [1.29, 1.82) is 0 Å². The summed E-state index contributed by atoms with van der Waals surface area (Å²) in [6.07, 6.45) is 0. The Labute approximate surface area is 135 Å². The molecule has 0 spiro atoms. The smallest absolute Gasteiger partial charge is 0.262 e. The molecule has 0 saturated heterocycles. The average Bonchev–Trinajstić information content (AvgIpc) is 2.48. The van der Waals surface area contributed by atoms with Gasteiger partial charge < -0.3 is 4.74 Å². The summed E-state index contributed by atoms with van der Waals surface area (Å²) in [4.78, 5) is -0.248. The summed E-state index contributed by atoms with van der Waals surface area (Å²) in [5, 5.41) is 4.98. The van der Waals surface area contributed by atoms with Crippen LogP contribution in [0, 0.1) is 0 Å². The number of nitrogens with two attached hydrogens (primary N) is 1. The second-order valence-electron chi connectivity index (χ2n) is 4.55. The van der Waals surface area contributed by atoms with Crippen LogP contribution in [0.5, 0.6) is 5.75 Å². The van der Waals surface area contributed by atoms with Gasteiger partial charge in [0.25, 0.3) is 10.0 Å². The van der Waals surface area contributed by atoms with Crippen LogP contribution in [0.15, 0.2) is 58.3 Å². The summed E-state index contributed by atoms with van der Waals surface area (Å²) in [6.45, 7) is 2.18. The zero-order valence-electron chi connectivity index (χ0n) is 12.3. The van der Waals surface area contributed by atoms with Gasteiger partial charge in [-0.1, -0.05) is 12.1 Å². The molecule has 124 valence electrons. The molecule has 23 heavy (non-hydrogen) atoms. The number of ether oxygens (including phenoxy) is 1. The van der Waals surface area contributed by atoms with Crippen LogP contribution in [-0.4, -0.2) is 23.4 Å². The van der Waals surface area contributed by atoms with Gasteiger partial charge in [-0.25, -0.2) is 22.0 Å². The molecule has 0 heterocycles. The van der Waals surface area contributed by atoms with Crippen LogP contribution in [0.1, 0.15) is 6.92 Å². The molecule has 0 saturated carbocycles. The molecule has 3 N–H and O–H groups in total. The molecule has 0 aliphatic rings. The first-order valence-corrected chi connectivity index (χ1v) is 9.64. The van der Waals surface area contributed by atoms with Gasteiger partial charge in [0.2, 0.25) is 10.0 Å². The van der Waals surface area contributed by atoms with Gasteiger partial charge in [0.1, 0.15) is 5.75 Å². The summed E-state index contributed by atoms with van der Waals surface area (Å²) >= 11 is 0. The van der Waals surface area contributed by atoms with Gasteiger partial charge in [0.05, 0.1) is 22.1 Å². The fourth-order valence-electron chi connectivity index (χ4n) is 1.84. The van der Waals surface area contributed by atoms with Crippen LogP contribution in [-0.2, 0) is 20.0 Å². The predicted octanol–water partition coefficient (Wildman–Crippen LogP) is 1.53. The number of sulfonamides is 2. The minimum Gasteiger partial charge on any atom is -0.492 e. The van der Waals surface area contributed by atoms with E-state index in [4.69, 9.17) is 9.88 Å². The van der Waals surface area contributed by atoms with Crippen molar-refractivity contribution in [3.05, 3.63) is 48.5 Å². The highest BCUT2D eigenvalue weighted by atomic mass is 32.2. The van der Waals surface area contributed by atoms with Crippen molar-refractivity contribution in [1.82, 2.24) is 0 Å². The number of hydrogen-bond donors (Lipinski definition) is 2. The maximum atomic E-state index is 12.4. The van der Waals surface area contributed by atoms with Crippen molar-refractivity contribution in [2.45, 2.75) is 16.7 Å². The summed E-state index contributed by atoms with van der Waals surface area (Å²) in [7, 11) is -7.76. The van der Waals surface area contributed by atoms with Gasteiger partial charge in [0.15, 0.2) is 0 Å². The summed E-state index contributed by atoms with van der Waals surface area (Å²) < 4.78 is 54.9. The highest BCUT2D eigenvalue weighted by Gasteiger charge is 2.17. The predicted molar refractivity (Wildman–Crippen MR) is 86.2 cm³/mol. The molecule has 2 aromatic rings. The molecule has 9 heteroatoms. The molecular weight excluding hydrogens is 340 g/mol. The van der Waals surface area contributed by atoms with E-state index in [2.05, 4.69) is 4.72 Å². The van der Waals surface area contributed by atoms with Crippen LogP contribution in [0.4, 0.5) is 5.69 Å². The Morgan fingerprint density at radius 2 is 1.52 bits per heavy atom. The van der Waals surface area contributed by atoms with E-state index in [0.717, 1.165) is 12.1 Å². The monoisotopic (exact) mass is 356 g/mol. The largest absolute Gasteiger partial charge is 0.492 e. The summed E-state index contributed by atoms with van der Waals surface area (Å²) in [6, 6.07) is 11.2. The number of hydrogen-bond acceptors (Lipinski definition) is 5. The van der Waals surface area contributed by atoms with E-state index in [1.807, 2.05) is 0 Å². The number of para-hydroxylation sites is 2. The third-order valence-electron chi connectivity index (χ3n) is 2.89. The van der Waals surface area contributed by atoms with Crippen molar-refractivity contribution < 1.29 is 21.6 Å². The number of rotatable bonds is 6. The van der Waals surface area contributed by atoms with Crippen LogP contribution in [0.25, 0.3) is 0 Å². The van der Waals surface area contributed by atoms with E-state index in [1.165, 1.54) is 12.1 Å². The van der Waals surface area contributed by atoms with Gasteiger partial charge in [-0.2, -0.15) is 0 Å². The fraction of sp³-hybridized carbons (Fsp3) is 0.143. The Hall–Kier alpha value is -2.10. The average molecular weight is 356 g/mol. The number of nitrogens with one attached hydrogen (secondary N) is 1. The summed E-state index contributed by atoms with van der Waals surface area (Å²) in [5.74, 6) is 0.403. The van der Waals surface area contributed by atoms with Crippen LogP contribution in [0.2, 0.25) is 0 Å². The topological polar surface area (TPSA) is 116 Å². The van der Waals surface area contributed by atoms with Crippen LogP contribution < -0.4 is 14.6 Å². The lowest BCUT2D eigenvalue weighted by molar-refractivity contribution is 0.342. The third-order valence-corrected chi connectivity index (χ3v) is 5.20. The first-order chi connectivity index (χ1) is 10.7. The zero-order chi connectivity index (χ0) is 17.1. The Kier molecular flexibility index (Phi) is 4.93. The Balaban J connectivity index is 2.33. The summed E-state index contributed by atoms with van der Waals surface area (Å²) in [5.41, 5.74) is 0.296. The van der Waals surface area contributed by atoms with Crippen molar-refractivity contribution in [3.63, 3.8) is 0 Å². The molecule has 0 unspecified atom stereocenters. The van der Waals surface area contributed by atoms with Gasteiger partial charge in [-0.3, -0.25) is 4.72 Å². The molecule has 0 aliphatic heterocycles. The van der Waals surface area contributed by atoms with E-state index < -0.39 is 20.0 Å². The van der Waals surface area contributed by atoms with Crippen molar-refractivity contribution >= 4 is 25.7 Å². The molecule has 0 radical (unpaired) electrons.